The fraction of sp³-hybridized carbons (Fsp3) is 0.489. The number of hydrogen-bond donors (Lipinski definition) is 0. The quantitative estimate of drug-likeness (QED) is 0.0978. The summed E-state index contributed by atoms with van der Waals surface area (Å²) in [6.45, 7) is 19.9. The lowest BCUT2D eigenvalue weighted by Crippen LogP contribution is -2.62. The van der Waals surface area contributed by atoms with Crippen molar-refractivity contribution in [2.24, 2.45) is 21.7 Å². The number of hydrogen-bond acceptors (Lipinski definition) is 12. The summed E-state index contributed by atoms with van der Waals surface area (Å²) in [4.78, 5) is 59.8. The van der Waals surface area contributed by atoms with Crippen LogP contribution in [0.3, 0.4) is 0 Å². The lowest BCUT2D eigenvalue weighted by Gasteiger charge is -2.46. The van der Waals surface area contributed by atoms with Gasteiger partial charge in [0.1, 0.15) is 23.8 Å². The first kappa shape index (κ1) is 45.1. The molecular formula is C45H57N4O9P. The van der Waals surface area contributed by atoms with Crippen molar-refractivity contribution in [3.05, 3.63) is 85.1 Å². The van der Waals surface area contributed by atoms with E-state index in [9.17, 15) is 19.2 Å². The second-order valence-corrected chi connectivity index (χ2v) is 20.8. The van der Waals surface area contributed by atoms with Gasteiger partial charge in [0.25, 0.3) is 0 Å². The highest BCUT2D eigenvalue weighted by Crippen LogP contribution is 2.42. The molecule has 2 aromatic heterocycles. The Morgan fingerprint density at radius 3 is 1.53 bits per heavy atom. The van der Waals surface area contributed by atoms with E-state index in [0.29, 0.717) is 16.8 Å². The van der Waals surface area contributed by atoms with Gasteiger partial charge in [-0.2, -0.15) is 0 Å². The van der Waals surface area contributed by atoms with E-state index in [4.69, 9.17) is 34.0 Å². The Bertz CT molecular complexity index is 2040. The van der Waals surface area contributed by atoms with Crippen molar-refractivity contribution in [2.45, 2.75) is 114 Å². The molecule has 0 N–H and O–H groups in total. The molecule has 4 aromatic rings. The summed E-state index contributed by atoms with van der Waals surface area (Å²) in [7, 11) is -1.50. The van der Waals surface area contributed by atoms with Gasteiger partial charge in [-0.05, 0) is 106 Å². The van der Waals surface area contributed by atoms with E-state index in [1.165, 1.54) is 0 Å². The first-order valence-electron chi connectivity index (χ1n) is 19.7. The summed E-state index contributed by atoms with van der Waals surface area (Å²) < 4.78 is 33.3. The van der Waals surface area contributed by atoms with Crippen LogP contribution < -0.4 is 16.0 Å². The first-order chi connectivity index (χ1) is 27.5. The third-order valence-corrected chi connectivity index (χ3v) is 11.7. The SMILES string of the molecule is CC(C)(C)C(=O)OC[C@H]1O[C@@H](n2nnc(-c3ccccn3)c2P(c2ccccc2)c2ccccc2)[C@H](OC(=O)C(C)(C)C)[C@@H](OC(=O)C(C)(C)C)[C@@H]1OC(=O)C(C)(C)C. The molecule has 1 fully saturated rings. The largest absolute Gasteiger partial charge is 0.462 e. The van der Waals surface area contributed by atoms with Crippen LogP contribution in [0.2, 0.25) is 0 Å². The molecule has 316 valence electrons. The smallest absolute Gasteiger partial charge is 0.311 e. The molecule has 1 aliphatic heterocycles. The summed E-state index contributed by atoms with van der Waals surface area (Å²) in [5.74, 6) is -2.50. The number of nitrogens with zero attached hydrogens (tertiary/aromatic N) is 4. The van der Waals surface area contributed by atoms with Crippen LogP contribution in [0, 0.1) is 21.7 Å². The molecule has 1 aliphatic rings. The Kier molecular flexibility index (Phi) is 13.5. The van der Waals surface area contributed by atoms with Gasteiger partial charge in [0.05, 0.1) is 27.4 Å². The van der Waals surface area contributed by atoms with Crippen molar-refractivity contribution in [1.82, 2.24) is 20.0 Å². The molecular weight excluding hydrogens is 771 g/mol. The van der Waals surface area contributed by atoms with Crippen LogP contribution >= 0.6 is 7.92 Å². The Labute approximate surface area is 348 Å². The van der Waals surface area contributed by atoms with Crippen molar-refractivity contribution in [1.29, 1.82) is 0 Å². The maximum absolute atomic E-state index is 14.1. The molecule has 1 saturated heterocycles. The number of benzene rings is 2. The van der Waals surface area contributed by atoms with Gasteiger partial charge >= 0.3 is 23.9 Å². The highest BCUT2D eigenvalue weighted by atomic mass is 31.1. The molecule has 59 heavy (non-hydrogen) atoms. The number of pyridine rings is 1. The van der Waals surface area contributed by atoms with Crippen molar-refractivity contribution in [3.8, 4) is 11.4 Å². The van der Waals surface area contributed by atoms with Gasteiger partial charge in [0, 0.05) is 14.1 Å². The zero-order valence-corrected chi connectivity index (χ0v) is 37.0. The van der Waals surface area contributed by atoms with Crippen LogP contribution in [-0.4, -0.2) is 74.9 Å². The topological polar surface area (TPSA) is 158 Å². The monoisotopic (exact) mass is 828 g/mol. The third kappa shape index (κ3) is 10.8. The minimum atomic E-state index is -1.50. The first-order valence-corrected chi connectivity index (χ1v) is 21.1. The lowest BCUT2D eigenvalue weighted by molar-refractivity contribution is -0.276. The highest BCUT2D eigenvalue weighted by molar-refractivity contribution is 7.79. The maximum Gasteiger partial charge on any atom is 0.311 e. The van der Waals surface area contributed by atoms with E-state index in [2.05, 4.69) is 4.98 Å². The van der Waals surface area contributed by atoms with E-state index < -0.39 is 90.7 Å². The predicted octanol–water partition coefficient (Wildman–Crippen LogP) is 6.46. The van der Waals surface area contributed by atoms with Gasteiger partial charge in [0.2, 0.25) is 0 Å². The normalized spacial score (nSPS) is 20.1. The van der Waals surface area contributed by atoms with Crippen LogP contribution in [0.25, 0.3) is 11.4 Å². The molecule has 2 aromatic carbocycles. The summed E-state index contributed by atoms with van der Waals surface area (Å²) in [6, 6.07) is 25.2. The average Bonchev–Trinajstić information content (AvgIpc) is 3.59. The Hall–Kier alpha value is -5.00. The van der Waals surface area contributed by atoms with Crippen molar-refractivity contribution < 1.29 is 42.9 Å². The minimum Gasteiger partial charge on any atom is -0.462 e. The number of esters is 4. The van der Waals surface area contributed by atoms with E-state index in [0.717, 1.165) is 10.6 Å². The van der Waals surface area contributed by atoms with Crippen molar-refractivity contribution in [2.75, 3.05) is 6.61 Å². The molecule has 3 heterocycles. The zero-order valence-electron chi connectivity index (χ0n) is 36.1. The van der Waals surface area contributed by atoms with Gasteiger partial charge in [-0.25, -0.2) is 4.68 Å². The van der Waals surface area contributed by atoms with Gasteiger partial charge < -0.3 is 23.7 Å². The zero-order chi connectivity index (χ0) is 43.5. The molecule has 0 bridgehead atoms. The molecule has 5 atom stereocenters. The fourth-order valence-electron chi connectivity index (χ4n) is 5.79. The third-order valence-electron chi connectivity index (χ3n) is 9.23. The molecule has 0 aliphatic carbocycles. The predicted molar refractivity (Wildman–Crippen MR) is 224 cm³/mol. The fourth-order valence-corrected chi connectivity index (χ4v) is 8.25. The average molecular weight is 829 g/mol. The molecule has 0 spiro atoms. The van der Waals surface area contributed by atoms with E-state index in [-0.39, 0.29) is 0 Å². The maximum atomic E-state index is 14.1. The summed E-state index contributed by atoms with van der Waals surface area (Å²) >= 11 is 0. The van der Waals surface area contributed by atoms with Crippen LogP contribution in [0.5, 0.6) is 0 Å². The molecule has 0 unspecified atom stereocenters. The van der Waals surface area contributed by atoms with E-state index in [1.807, 2.05) is 72.8 Å². The van der Waals surface area contributed by atoms with Crippen molar-refractivity contribution >= 4 is 47.8 Å². The number of carbonyl (C=O) groups is 4. The van der Waals surface area contributed by atoms with Crippen LogP contribution in [-0.2, 0) is 42.9 Å². The molecule has 0 radical (unpaired) electrons. The van der Waals surface area contributed by atoms with Gasteiger partial charge in [-0.3, -0.25) is 24.2 Å². The molecule has 5 rings (SSSR count). The summed E-state index contributed by atoms with van der Waals surface area (Å²) in [6.07, 6.45) is -5.34. The van der Waals surface area contributed by atoms with Gasteiger partial charge in [-0.15, -0.1) is 5.10 Å². The van der Waals surface area contributed by atoms with Crippen LogP contribution in [0.1, 0.15) is 89.3 Å². The standard InChI is InChI=1S/C45H57N4O9P/c1-42(2,3)38(50)54-27-31-33(56-39(51)43(4,5)6)34(57-40(52)44(7,8)9)35(58-41(53)45(10,11)12)36(55-31)49-37(32(47-48-49)30-25-19-20-26-46-30)59(28-21-15-13-16-22-28)29-23-17-14-18-24-29/h13-26,31,33-36H,27H2,1-12H3/t31-,33-,34+,35-,36-/m1/s1. The van der Waals surface area contributed by atoms with Gasteiger partial charge in [0.15, 0.2) is 24.5 Å². The number of ether oxygens (including phenoxy) is 5. The van der Waals surface area contributed by atoms with Crippen LogP contribution in [0.15, 0.2) is 85.1 Å². The molecule has 14 heteroatoms. The second kappa shape index (κ2) is 17.7. The molecule has 13 nitrogen and oxygen atoms in total. The highest BCUT2D eigenvalue weighted by Gasteiger charge is 2.56. The Morgan fingerprint density at radius 2 is 1.07 bits per heavy atom. The summed E-state index contributed by atoms with van der Waals surface area (Å²) in [5, 5.41) is 11.3. The summed E-state index contributed by atoms with van der Waals surface area (Å²) in [5.41, 5.74) is -2.45. The Morgan fingerprint density at radius 1 is 0.610 bits per heavy atom. The number of aromatic nitrogens is 4. The molecule has 0 amide bonds. The second-order valence-electron chi connectivity index (χ2n) is 18.7. The van der Waals surface area contributed by atoms with Gasteiger partial charge in [-0.1, -0.05) is 71.9 Å². The number of carbonyl (C=O) groups excluding carboxylic acids is 4. The van der Waals surface area contributed by atoms with E-state index >= 15 is 0 Å². The lowest BCUT2D eigenvalue weighted by atomic mass is 9.92. The van der Waals surface area contributed by atoms with E-state index in [1.54, 1.807) is 100 Å². The Balaban J connectivity index is 1.84. The van der Waals surface area contributed by atoms with Crippen LogP contribution in [0.4, 0.5) is 0 Å². The molecule has 0 saturated carbocycles. The van der Waals surface area contributed by atoms with Crippen molar-refractivity contribution in [3.63, 3.8) is 0 Å². The minimum absolute atomic E-state index is 0.415. The number of rotatable bonds is 10.